The van der Waals surface area contributed by atoms with E-state index in [1.165, 1.54) is 12.8 Å². The standard InChI is InChI=1S/C11H15N3O2/c1-7(10(12)15)11-13-4-9(5-14-11)16-6-8-2-3-8/h4-5,7-8H,2-3,6H2,1H3,(H2,12,15). The van der Waals surface area contributed by atoms with Crippen molar-refractivity contribution in [1.29, 1.82) is 0 Å². The molecule has 0 aliphatic heterocycles. The van der Waals surface area contributed by atoms with Crippen molar-refractivity contribution >= 4 is 5.91 Å². The van der Waals surface area contributed by atoms with Gasteiger partial charge in [-0.2, -0.15) is 0 Å². The molecular weight excluding hydrogens is 206 g/mol. The van der Waals surface area contributed by atoms with Crippen molar-refractivity contribution in [2.45, 2.75) is 25.7 Å². The Morgan fingerprint density at radius 3 is 2.69 bits per heavy atom. The molecule has 1 aromatic rings. The number of nitrogens with two attached hydrogens (primary N) is 1. The van der Waals surface area contributed by atoms with Gasteiger partial charge in [0.15, 0.2) is 5.75 Å². The first-order chi connectivity index (χ1) is 7.66. The lowest BCUT2D eigenvalue weighted by atomic mass is 10.1. The maximum absolute atomic E-state index is 10.9. The van der Waals surface area contributed by atoms with Crippen LogP contribution in [0.4, 0.5) is 0 Å². The minimum Gasteiger partial charge on any atom is -0.490 e. The molecule has 0 aromatic carbocycles. The van der Waals surface area contributed by atoms with E-state index in [0.29, 0.717) is 17.5 Å². The van der Waals surface area contributed by atoms with Crippen LogP contribution >= 0.6 is 0 Å². The third-order valence-corrected chi connectivity index (χ3v) is 2.64. The number of carbonyl (C=O) groups excluding carboxylic acids is 1. The summed E-state index contributed by atoms with van der Waals surface area (Å²) >= 11 is 0. The summed E-state index contributed by atoms with van der Waals surface area (Å²) in [6.45, 7) is 2.41. The van der Waals surface area contributed by atoms with E-state index in [0.717, 1.165) is 6.61 Å². The van der Waals surface area contributed by atoms with Gasteiger partial charge in [0.25, 0.3) is 0 Å². The van der Waals surface area contributed by atoms with Gasteiger partial charge in [0.1, 0.15) is 5.82 Å². The molecular formula is C11H15N3O2. The number of ether oxygens (including phenoxy) is 1. The molecule has 86 valence electrons. The molecule has 1 fully saturated rings. The number of hydrogen-bond acceptors (Lipinski definition) is 4. The topological polar surface area (TPSA) is 78.1 Å². The van der Waals surface area contributed by atoms with E-state index in [1.54, 1.807) is 19.3 Å². The summed E-state index contributed by atoms with van der Waals surface area (Å²) in [4.78, 5) is 19.0. The van der Waals surface area contributed by atoms with Crippen LogP contribution in [0.1, 0.15) is 31.5 Å². The van der Waals surface area contributed by atoms with Gasteiger partial charge in [-0.15, -0.1) is 0 Å². The molecule has 0 bridgehead atoms. The summed E-state index contributed by atoms with van der Waals surface area (Å²) in [5.41, 5.74) is 5.16. The van der Waals surface area contributed by atoms with Crippen LogP contribution in [0.5, 0.6) is 5.75 Å². The molecule has 1 unspecified atom stereocenters. The Labute approximate surface area is 94.0 Å². The minimum absolute atomic E-state index is 0.424. The molecule has 16 heavy (non-hydrogen) atoms. The van der Waals surface area contributed by atoms with E-state index in [-0.39, 0.29) is 0 Å². The lowest BCUT2D eigenvalue weighted by Gasteiger charge is -2.07. The molecule has 1 aromatic heterocycles. The summed E-state index contributed by atoms with van der Waals surface area (Å²) in [6, 6.07) is 0. The third kappa shape index (κ3) is 2.68. The van der Waals surface area contributed by atoms with Crippen LogP contribution in [0.3, 0.4) is 0 Å². The van der Waals surface area contributed by atoms with E-state index in [1.807, 2.05) is 0 Å². The highest BCUT2D eigenvalue weighted by molar-refractivity contribution is 5.80. The van der Waals surface area contributed by atoms with E-state index in [4.69, 9.17) is 10.5 Å². The second-order valence-electron chi connectivity index (χ2n) is 4.16. The van der Waals surface area contributed by atoms with Crippen LogP contribution in [-0.4, -0.2) is 22.5 Å². The molecule has 2 rings (SSSR count). The molecule has 1 aliphatic rings. The maximum atomic E-state index is 10.9. The van der Waals surface area contributed by atoms with Crippen molar-refractivity contribution in [3.05, 3.63) is 18.2 Å². The largest absolute Gasteiger partial charge is 0.490 e. The Morgan fingerprint density at radius 2 is 2.19 bits per heavy atom. The summed E-state index contributed by atoms with van der Waals surface area (Å²) in [6.07, 6.45) is 5.67. The zero-order valence-corrected chi connectivity index (χ0v) is 9.22. The van der Waals surface area contributed by atoms with Crippen molar-refractivity contribution in [1.82, 2.24) is 9.97 Å². The van der Waals surface area contributed by atoms with Gasteiger partial charge in [-0.05, 0) is 25.7 Å². The third-order valence-electron chi connectivity index (χ3n) is 2.64. The lowest BCUT2D eigenvalue weighted by molar-refractivity contribution is -0.119. The fourth-order valence-corrected chi connectivity index (χ4v) is 1.25. The van der Waals surface area contributed by atoms with Gasteiger partial charge < -0.3 is 10.5 Å². The van der Waals surface area contributed by atoms with Crippen LogP contribution in [0.15, 0.2) is 12.4 Å². The van der Waals surface area contributed by atoms with Crippen LogP contribution in [0.25, 0.3) is 0 Å². The van der Waals surface area contributed by atoms with Crippen molar-refractivity contribution in [2.75, 3.05) is 6.61 Å². The first-order valence-electron chi connectivity index (χ1n) is 5.41. The Kier molecular flexibility index (Phi) is 3.03. The fraction of sp³-hybridized carbons (Fsp3) is 0.545. The Balaban J connectivity index is 1.94. The molecule has 0 spiro atoms. The van der Waals surface area contributed by atoms with Gasteiger partial charge in [0.2, 0.25) is 5.91 Å². The first-order valence-corrected chi connectivity index (χ1v) is 5.41. The Bertz CT molecular complexity index is 373. The van der Waals surface area contributed by atoms with Crippen LogP contribution < -0.4 is 10.5 Å². The van der Waals surface area contributed by atoms with Gasteiger partial charge in [0, 0.05) is 0 Å². The highest BCUT2D eigenvalue weighted by Gasteiger charge is 2.22. The number of primary amides is 1. The molecule has 5 nitrogen and oxygen atoms in total. The highest BCUT2D eigenvalue weighted by atomic mass is 16.5. The van der Waals surface area contributed by atoms with Crippen molar-refractivity contribution in [3.8, 4) is 5.75 Å². The van der Waals surface area contributed by atoms with E-state index >= 15 is 0 Å². The number of carbonyl (C=O) groups is 1. The summed E-state index contributed by atoms with van der Waals surface area (Å²) < 4.78 is 5.48. The Morgan fingerprint density at radius 1 is 1.56 bits per heavy atom. The molecule has 0 radical (unpaired) electrons. The van der Waals surface area contributed by atoms with E-state index in [9.17, 15) is 4.79 Å². The first kappa shape index (κ1) is 10.9. The molecule has 0 saturated heterocycles. The predicted molar refractivity (Wildman–Crippen MR) is 57.9 cm³/mol. The maximum Gasteiger partial charge on any atom is 0.227 e. The normalized spacial score (nSPS) is 16.8. The number of amides is 1. The van der Waals surface area contributed by atoms with Gasteiger partial charge in [0.05, 0.1) is 24.9 Å². The second-order valence-corrected chi connectivity index (χ2v) is 4.16. The summed E-state index contributed by atoms with van der Waals surface area (Å²) in [5.74, 6) is 0.895. The average Bonchev–Trinajstić information content (AvgIpc) is 3.10. The zero-order chi connectivity index (χ0) is 11.5. The number of hydrogen-bond donors (Lipinski definition) is 1. The summed E-state index contributed by atoms with van der Waals surface area (Å²) in [5, 5.41) is 0. The van der Waals surface area contributed by atoms with Crippen molar-refractivity contribution in [2.24, 2.45) is 11.7 Å². The van der Waals surface area contributed by atoms with Crippen molar-refractivity contribution in [3.63, 3.8) is 0 Å². The molecule has 1 atom stereocenters. The molecule has 5 heteroatoms. The lowest BCUT2D eigenvalue weighted by Crippen LogP contribution is -2.20. The monoisotopic (exact) mass is 221 g/mol. The van der Waals surface area contributed by atoms with Gasteiger partial charge in [-0.25, -0.2) is 9.97 Å². The highest BCUT2D eigenvalue weighted by Crippen LogP contribution is 2.29. The molecule has 1 saturated carbocycles. The quantitative estimate of drug-likeness (QED) is 0.799. The predicted octanol–water partition coefficient (Wildman–Crippen LogP) is 0.854. The van der Waals surface area contributed by atoms with Gasteiger partial charge >= 0.3 is 0 Å². The summed E-state index contributed by atoms with van der Waals surface area (Å²) in [7, 11) is 0. The molecule has 1 heterocycles. The smallest absolute Gasteiger partial charge is 0.227 e. The van der Waals surface area contributed by atoms with Crippen LogP contribution in [0, 0.1) is 5.92 Å². The zero-order valence-electron chi connectivity index (χ0n) is 9.22. The van der Waals surface area contributed by atoms with Gasteiger partial charge in [-0.3, -0.25) is 4.79 Å². The van der Waals surface area contributed by atoms with Crippen LogP contribution in [-0.2, 0) is 4.79 Å². The number of nitrogens with zero attached hydrogens (tertiary/aromatic N) is 2. The van der Waals surface area contributed by atoms with E-state index in [2.05, 4.69) is 9.97 Å². The Hall–Kier alpha value is -1.65. The average molecular weight is 221 g/mol. The number of aromatic nitrogens is 2. The van der Waals surface area contributed by atoms with E-state index < -0.39 is 11.8 Å². The number of rotatable bonds is 5. The molecule has 1 amide bonds. The molecule has 2 N–H and O–H groups in total. The minimum atomic E-state index is -0.461. The van der Waals surface area contributed by atoms with Crippen LogP contribution in [0.2, 0.25) is 0 Å². The second kappa shape index (κ2) is 4.47. The SMILES string of the molecule is CC(C(N)=O)c1ncc(OCC2CC2)cn1. The van der Waals surface area contributed by atoms with Crippen molar-refractivity contribution < 1.29 is 9.53 Å². The molecule has 1 aliphatic carbocycles. The fourth-order valence-electron chi connectivity index (χ4n) is 1.25. The van der Waals surface area contributed by atoms with Gasteiger partial charge in [-0.1, -0.05) is 0 Å².